The molecular formula is C24H23F9N6O6. The highest BCUT2D eigenvalue weighted by Crippen LogP contribution is 2.17. The van der Waals surface area contributed by atoms with Crippen molar-refractivity contribution in [3.63, 3.8) is 0 Å². The average Bonchev–Trinajstić information content (AvgIpc) is 3.35. The van der Waals surface area contributed by atoms with Crippen LogP contribution in [0.15, 0.2) is 55.1 Å². The molecule has 248 valence electrons. The zero-order valence-electron chi connectivity index (χ0n) is 22.4. The molecule has 4 N–H and O–H groups in total. The quantitative estimate of drug-likeness (QED) is 0.289. The van der Waals surface area contributed by atoms with Gasteiger partial charge in [-0.05, 0) is 23.8 Å². The summed E-state index contributed by atoms with van der Waals surface area (Å²) in [5, 5.41) is 24.7. The maximum atomic E-state index is 10.6. The number of pyridine rings is 2. The van der Waals surface area contributed by atoms with E-state index in [1.165, 1.54) is 5.56 Å². The van der Waals surface area contributed by atoms with Crippen molar-refractivity contribution < 1.29 is 69.2 Å². The first kappa shape index (κ1) is 38.1. The van der Waals surface area contributed by atoms with Gasteiger partial charge in [0.2, 0.25) is 0 Å². The van der Waals surface area contributed by atoms with Crippen LogP contribution >= 0.6 is 0 Å². The summed E-state index contributed by atoms with van der Waals surface area (Å²) in [6.07, 6.45) is -7.57. The van der Waals surface area contributed by atoms with Gasteiger partial charge in [0, 0.05) is 44.4 Å². The summed E-state index contributed by atoms with van der Waals surface area (Å²) in [5.74, 6) is -6.27. The molecule has 4 heterocycles. The third-order valence-corrected chi connectivity index (χ3v) is 4.90. The highest BCUT2D eigenvalue weighted by Gasteiger charge is 2.39. The molecule has 0 fully saturated rings. The zero-order valence-corrected chi connectivity index (χ0v) is 22.4. The number of aromatic nitrogens is 4. The van der Waals surface area contributed by atoms with E-state index in [0.717, 1.165) is 43.5 Å². The molecule has 3 aromatic rings. The maximum absolute atomic E-state index is 10.6. The number of hydrogen-bond acceptors (Lipinski definition) is 8. The molecular weight excluding hydrogens is 639 g/mol. The molecule has 0 unspecified atom stereocenters. The van der Waals surface area contributed by atoms with E-state index in [1.54, 1.807) is 6.20 Å². The van der Waals surface area contributed by atoms with E-state index >= 15 is 0 Å². The SMILES string of the molecule is O=C(O)C(F)(F)F.O=C(O)C(F)(F)F.O=C(O)C(F)(F)F.c1ccc(NCc2cn3c(n2)CN(Cc2cccnc2)CC3)nc1. The fourth-order valence-corrected chi connectivity index (χ4v) is 2.98. The van der Waals surface area contributed by atoms with Crippen LogP contribution < -0.4 is 5.32 Å². The van der Waals surface area contributed by atoms with Gasteiger partial charge in [-0.1, -0.05) is 12.1 Å². The number of carboxylic acid groups (broad SMARTS) is 3. The number of nitrogens with zero attached hydrogens (tertiary/aromatic N) is 5. The van der Waals surface area contributed by atoms with Crippen molar-refractivity contribution >= 4 is 23.7 Å². The van der Waals surface area contributed by atoms with Crippen LogP contribution in [0.1, 0.15) is 17.1 Å². The molecule has 0 saturated heterocycles. The van der Waals surface area contributed by atoms with Crippen LogP contribution in [0, 0.1) is 0 Å². The van der Waals surface area contributed by atoms with Crippen molar-refractivity contribution in [2.75, 3.05) is 11.9 Å². The van der Waals surface area contributed by atoms with Gasteiger partial charge in [-0.25, -0.2) is 24.4 Å². The van der Waals surface area contributed by atoms with Gasteiger partial charge < -0.3 is 25.2 Å². The predicted octanol–water partition coefficient (Wildman–Crippen LogP) is 4.20. The molecule has 4 rings (SSSR count). The van der Waals surface area contributed by atoms with E-state index in [2.05, 4.69) is 37.0 Å². The number of hydrogen-bond donors (Lipinski definition) is 4. The third-order valence-electron chi connectivity index (χ3n) is 4.90. The zero-order chi connectivity index (χ0) is 34.4. The van der Waals surface area contributed by atoms with Crippen LogP contribution in [0.4, 0.5) is 45.3 Å². The van der Waals surface area contributed by atoms with Crippen LogP contribution in [-0.4, -0.2) is 82.7 Å². The number of carboxylic acids is 3. The lowest BCUT2D eigenvalue weighted by Crippen LogP contribution is -2.33. The lowest BCUT2D eigenvalue weighted by molar-refractivity contribution is -0.193. The number of imidazole rings is 1. The van der Waals surface area contributed by atoms with E-state index in [1.807, 2.05) is 36.7 Å². The molecule has 0 saturated carbocycles. The first-order chi connectivity index (χ1) is 20.7. The largest absolute Gasteiger partial charge is 0.490 e. The van der Waals surface area contributed by atoms with Crippen molar-refractivity contribution in [1.29, 1.82) is 0 Å². The number of halogens is 9. The second kappa shape index (κ2) is 16.8. The molecule has 0 amide bonds. The molecule has 12 nitrogen and oxygen atoms in total. The second-order valence-electron chi connectivity index (χ2n) is 8.39. The summed E-state index contributed by atoms with van der Waals surface area (Å²) in [7, 11) is 0. The van der Waals surface area contributed by atoms with Crippen molar-refractivity contribution in [1.82, 2.24) is 24.4 Å². The smallest absolute Gasteiger partial charge is 0.475 e. The Kier molecular flexibility index (Phi) is 14.2. The van der Waals surface area contributed by atoms with Crippen molar-refractivity contribution in [2.45, 2.75) is 44.7 Å². The molecule has 3 aromatic heterocycles. The lowest BCUT2D eigenvalue weighted by atomic mass is 10.2. The van der Waals surface area contributed by atoms with Crippen LogP contribution in [0.3, 0.4) is 0 Å². The molecule has 0 aliphatic carbocycles. The minimum absolute atomic E-state index is 0.694. The molecule has 0 atom stereocenters. The van der Waals surface area contributed by atoms with Crippen molar-refractivity contribution in [3.8, 4) is 0 Å². The van der Waals surface area contributed by atoms with Crippen molar-refractivity contribution in [2.24, 2.45) is 0 Å². The minimum Gasteiger partial charge on any atom is -0.475 e. The lowest BCUT2D eigenvalue weighted by Gasteiger charge is -2.27. The summed E-state index contributed by atoms with van der Waals surface area (Å²) in [6.45, 7) is 4.50. The van der Waals surface area contributed by atoms with Crippen LogP contribution in [0.5, 0.6) is 0 Å². The van der Waals surface area contributed by atoms with Gasteiger partial charge in [-0.15, -0.1) is 0 Å². The molecule has 0 bridgehead atoms. The second-order valence-corrected chi connectivity index (χ2v) is 8.39. The Morgan fingerprint density at radius 2 is 1.36 bits per heavy atom. The molecule has 21 heteroatoms. The number of nitrogens with one attached hydrogen (secondary N) is 1. The van der Waals surface area contributed by atoms with Gasteiger partial charge in [0.15, 0.2) is 0 Å². The number of rotatable bonds is 5. The Balaban J connectivity index is 0.000000396. The Labute approximate surface area is 246 Å². The molecule has 0 aromatic carbocycles. The first-order valence-electron chi connectivity index (χ1n) is 11.9. The summed E-state index contributed by atoms with van der Waals surface area (Å²) in [4.78, 5) is 42.3. The van der Waals surface area contributed by atoms with Gasteiger partial charge in [-0.3, -0.25) is 9.88 Å². The van der Waals surface area contributed by atoms with E-state index < -0.39 is 36.4 Å². The molecule has 0 spiro atoms. The van der Waals surface area contributed by atoms with Gasteiger partial charge in [0.1, 0.15) is 11.6 Å². The van der Waals surface area contributed by atoms with Crippen LogP contribution in [0.25, 0.3) is 0 Å². The van der Waals surface area contributed by atoms with Crippen molar-refractivity contribution in [3.05, 3.63) is 72.2 Å². The topological polar surface area (TPSA) is 171 Å². The maximum Gasteiger partial charge on any atom is 0.490 e. The fourth-order valence-electron chi connectivity index (χ4n) is 2.98. The van der Waals surface area contributed by atoms with E-state index in [-0.39, 0.29) is 0 Å². The molecule has 0 radical (unpaired) electrons. The Hall–Kier alpha value is -4.95. The summed E-state index contributed by atoms with van der Waals surface area (Å²) >= 11 is 0. The van der Waals surface area contributed by atoms with Gasteiger partial charge in [0.05, 0.1) is 18.8 Å². The van der Waals surface area contributed by atoms with Gasteiger partial charge >= 0.3 is 36.4 Å². The Morgan fingerprint density at radius 3 is 1.80 bits per heavy atom. The molecule has 1 aliphatic heterocycles. The van der Waals surface area contributed by atoms with E-state index in [9.17, 15) is 39.5 Å². The van der Waals surface area contributed by atoms with Gasteiger partial charge in [-0.2, -0.15) is 39.5 Å². The molecule has 1 aliphatic rings. The monoisotopic (exact) mass is 662 g/mol. The molecule has 45 heavy (non-hydrogen) atoms. The third kappa shape index (κ3) is 15.4. The van der Waals surface area contributed by atoms with E-state index in [0.29, 0.717) is 6.54 Å². The van der Waals surface area contributed by atoms with Crippen LogP contribution in [-0.2, 0) is 40.6 Å². The highest BCUT2D eigenvalue weighted by molar-refractivity contribution is 5.73. The summed E-state index contributed by atoms with van der Waals surface area (Å²) in [6, 6.07) is 9.96. The van der Waals surface area contributed by atoms with Gasteiger partial charge in [0.25, 0.3) is 0 Å². The first-order valence-corrected chi connectivity index (χ1v) is 11.9. The van der Waals surface area contributed by atoms with Crippen LogP contribution in [0.2, 0.25) is 0 Å². The number of carbonyl (C=O) groups is 3. The normalized spacial score (nSPS) is 12.9. The number of alkyl halides is 9. The number of anilines is 1. The average molecular weight is 662 g/mol. The highest BCUT2D eigenvalue weighted by atomic mass is 19.4. The standard InChI is InChI=1S/C18H20N6.3C2HF3O2/c1-2-7-20-17(5-1)21-11-16-13-24-9-8-23(14-18(24)22-16)12-15-4-3-6-19-10-15;3*3-2(4,5)1(6)7/h1-7,10,13H,8-9,11-12,14H2,(H,20,21);3*(H,6,7). The predicted molar refractivity (Wildman–Crippen MR) is 133 cm³/mol. The minimum atomic E-state index is -5.08. The number of fused-ring (bicyclic) bond motifs is 1. The summed E-state index contributed by atoms with van der Waals surface area (Å²) < 4.78 is 97.5. The number of aliphatic carboxylic acids is 3. The Bertz CT molecular complexity index is 1310. The fraction of sp³-hybridized carbons (Fsp3) is 0.333. The summed E-state index contributed by atoms with van der Waals surface area (Å²) in [5.41, 5.74) is 2.30. The van der Waals surface area contributed by atoms with E-state index in [4.69, 9.17) is 34.7 Å². The Morgan fingerprint density at radius 1 is 0.800 bits per heavy atom.